The minimum Gasteiger partial charge on any atom is -0.455 e. The highest BCUT2D eigenvalue weighted by Crippen LogP contribution is 2.21. The minimum absolute atomic E-state index is 0.0804. The van der Waals surface area contributed by atoms with E-state index >= 15 is 0 Å². The smallest absolute Gasteiger partial charge is 0.387 e. The molecule has 8 nitrogen and oxygen atoms in total. The van der Waals surface area contributed by atoms with E-state index in [4.69, 9.17) is 4.74 Å². The van der Waals surface area contributed by atoms with Crippen molar-refractivity contribution in [3.05, 3.63) is 48.3 Å². The van der Waals surface area contributed by atoms with E-state index in [9.17, 15) is 18.4 Å². The van der Waals surface area contributed by atoms with E-state index in [0.29, 0.717) is 44.8 Å². The van der Waals surface area contributed by atoms with Crippen LogP contribution in [-0.2, 0) is 20.7 Å². The number of hydrogen-bond acceptors (Lipinski definition) is 7. The summed E-state index contributed by atoms with van der Waals surface area (Å²) in [6.07, 6.45) is 5.10. The number of anilines is 1. The summed E-state index contributed by atoms with van der Waals surface area (Å²) in [6.45, 7) is -1.56. The molecule has 0 radical (unpaired) electrons. The number of esters is 1. The zero-order chi connectivity index (χ0) is 22.1. The molecule has 2 aromatic rings. The highest BCUT2D eigenvalue weighted by atomic mass is 19.3. The highest BCUT2D eigenvalue weighted by Gasteiger charge is 2.27. The number of carbonyl (C=O) groups is 2. The number of alkyl halides is 2. The molecule has 0 saturated carbocycles. The normalized spacial score (nSPS) is 14.4. The Hall–Kier alpha value is -3.30. The molecule has 10 heteroatoms. The van der Waals surface area contributed by atoms with Crippen LogP contribution in [0.25, 0.3) is 0 Å². The predicted octanol–water partition coefficient (Wildman–Crippen LogP) is 2.20. The first-order chi connectivity index (χ1) is 15.0. The minimum atomic E-state index is -2.86. The zero-order valence-electron chi connectivity index (χ0n) is 16.9. The Bertz CT molecular complexity index is 844. The summed E-state index contributed by atoms with van der Waals surface area (Å²) in [7, 11) is 0. The summed E-state index contributed by atoms with van der Waals surface area (Å²) in [4.78, 5) is 34.6. The lowest BCUT2D eigenvalue weighted by molar-refractivity contribution is -0.153. The molecule has 0 atom stereocenters. The van der Waals surface area contributed by atoms with Crippen LogP contribution in [0.2, 0.25) is 0 Å². The number of carbonyl (C=O) groups excluding carboxylic acids is 2. The standard InChI is InChI=1S/C21H24F2N4O4/c22-20(23)31-17-4-2-15(3-5-17)6-11-24-18(28)14-30-19(29)16-7-12-27(13-8-16)21-25-9-1-10-26-21/h1-5,9-10,16,20H,6-8,11-14H2,(H,24,28). The van der Waals surface area contributed by atoms with Crippen LogP contribution in [0.3, 0.4) is 0 Å². The second-order valence-corrected chi connectivity index (χ2v) is 7.04. The van der Waals surface area contributed by atoms with Gasteiger partial charge in [-0.3, -0.25) is 9.59 Å². The van der Waals surface area contributed by atoms with Crippen molar-refractivity contribution in [2.24, 2.45) is 5.92 Å². The predicted molar refractivity (Wildman–Crippen MR) is 108 cm³/mol. The molecule has 0 unspecified atom stereocenters. The van der Waals surface area contributed by atoms with Crippen LogP contribution in [0.1, 0.15) is 18.4 Å². The summed E-state index contributed by atoms with van der Waals surface area (Å²) in [5.41, 5.74) is 0.855. The number of ether oxygens (including phenoxy) is 2. The van der Waals surface area contributed by atoms with Gasteiger partial charge in [-0.15, -0.1) is 0 Å². The van der Waals surface area contributed by atoms with Crippen molar-refractivity contribution in [3.63, 3.8) is 0 Å². The summed E-state index contributed by atoms with van der Waals surface area (Å²) >= 11 is 0. The van der Waals surface area contributed by atoms with E-state index in [1.807, 2.05) is 4.90 Å². The summed E-state index contributed by atoms with van der Waals surface area (Å²) < 4.78 is 33.7. The highest BCUT2D eigenvalue weighted by molar-refractivity contribution is 5.81. The van der Waals surface area contributed by atoms with Gasteiger partial charge in [-0.05, 0) is 43.0 Å². The van der Waals surface area contributed by atoms with Gasteiger partial charge in [0.2, 0.25) is 5.95 Å². The number of rotatable bonds is 9. The first-order valence-corrected chi connectivity index (χ1v) is 10.0. The van der Waals surface area contributed by atoms with Gasteiger partial charge in [0.05, 0.1) is 5.92 Å². The van der Waals surface area contributed by atoms with E-state index < -0.39 is 6.61 Å². The van der Waals surface area contributed by atoms with Crippen LogP contribution in [0.4, 0.5) is 14.7 Å². The van der Waals surface area contributed by atoms with Gasteiger partial charge in [0.1, 0.15) is 5.75 Å². The number of aromatic nitrogens is 2. The first kappa shape index (κ1) is 22.4. The Morgan fingerprint density at radius 1 is 1.13 bits per heavy atom. The van der Waals surface area contributed by atoms with Gasteiger partial charge in [0.25, 0.3) is 5.91 Å². The average molecular weight is 434 g/mol. The van der Waals surface area contributed by atoms with Gasteiger partial charge in [0, 0.05) is 32.0 Å². The van der Waals surface area contributed by atoms with Crippen LogP contribution in [0, 0.1) is 5.92 Å². The molecule has 1 amide bonds. The molecule has 166 valence electrons. The molecular formula is C21H24F2N4O4. The van der Waals surface area contributed by atoms with Crippen LogP contribution in [0.15, 0.2) is 42.7 Å². The lowest BCUT2D eigenvalue weighted by atomic mass is 9.97. The first-order valence-electron chi connectivity index (χ1n) is 10.0. The van der Waals surface area contributed by atoms with Crippen molar-refractivity contribution in [3.8, 4) is 5.75 Å². The molecule has 1 aliphatic rings. The molecule has 0 spiro atoms. The average Bonchev–Trinajstić information content (AvgIpc) is 2.79. The van der Waals surface area contributed by atoms with E-state index in [-0.39, 0.29) is 30.2 Å². The van der Waals surface area contributed by atoms with Crippen molar-refractivity contribution in [2.45, 2.75) is 25.9 Å². The van der Waals surface area contributed by atoms with Crippen LogP contribution >= 0.6 is 0 Å². The second kappa shape index (κ2) is 11.2. The third-order valence-corrected chi connectivity index (χ3v) is 4.89. The van der Waals surface area contributed by atoms with E-state index in [2.05, 4.69) is 20.0 Å². The number of piperidine rings is 1. The van der Waals surface area contributed by atoms with Crippen LogP contribution < -0.4 is 15.0 Å². The largest absolute Gasteiger partial charge is 0.455 e. The molecule has 1 aromatic carbocycles. The van der Waals surface area contributed by atoms with Crippen LogP contribution in [0.5, 0.6) is 5.75 Å². The van der Waals surface area contributed by atoms with Crippen molar-refractivity contribution >= 4 is 17.8 Å². The van der Waals surface area contributed by atoms with E-state index in [1.54, 1.807) is 30.6 Å². The van der Waals surface area contributed by atoms with Crippen molar-refractivity contribution in [1.82, 2.24) is 15.3 Å². The number of benzene rings is 1. The lowest BCUT2D eigenvalue weighted by Crippen LogP contribution is -2.38. The summed E-state index contributed by atoms with van der Waals surface area (Å²) in [5.74, 6) is -0.289. The zero-order valence-corrected chi connectivity index (χ0v) is 16.9. The van der Waals surface area contributed by atoms with Gasteiger partial charge >= 0.3 is 12.6 Å². The monoisotopic (exact) mass is 434 g/mol. The second-order valence-electron chi connectivity index (χ2n) is 7.04. The summed E-state index contributed by atoms with van der Waals surface area (Å²) in [6, 6.07) is 7.94. The number of nitrogens with one attached hydrogen (secondary N) is 1. The Balaban J connectivity index is 1.31. The number of nitrogens with zero attached hydrogens (tertiary/aromatic N) is 3. The third kappa shape index (κ3) is 7.16. The summed E-state index contributed by atoms with van der Waals surface area (Å²) in [5, 5.41) is 2.67. The van der Waals surface area contributed by atoms with Gasteiger partial charge in [-0.2, -0.15) is 8.78 Å². The number of hydrogen-bond donors (Lipinski definition) is 1. The Morgan fingerprint density at radius 3 is 2.45 bits per heavy atom. The maximum Gasteiger partial charge on any atom is 0.387 e. The Morgan fingerprint density at radius 2 is 1.81 bits per heavy atom. The number of amides is 1. The topological polar surface area (TPSA) is 93.7 Å². The Labute approximate surface area is 178 Å². The van der Waals surface area contributed by atoms with Gasteiger partial charge in [-0.25, -0.2) is 9.97 Å². The Kier molecular flexibility index (Phi) is 8.08. The molecule has 3 rings (SSSR count). The number of halogens is 2. The fraction of sp³-hybridized carbons (Fsp3) is 0.429. The molecule has 1 saturated heterocycles. The van der Waals surface area contributed by atoms with Crippen LogP contribution in [-0.4, -0.2) is 54.7 Å². The van der Waals surface area contributed by atoms with Gasteiger partial charge < -0.3 is 19.7 Å². The van der Waals surface area contributed by atoms with E-state index in [1.165, 1.54) is 12.1 Å². The van der Waals surface area contributed by atoms with Crippen molar-refractivity contribution < 1.29 is 27.8 Å². The molecule has 1 N–H and O–H groups in total. The molecule has 1 fully saturated rings. The fourth-order valence-electron chi connectivity index (χ4n) is 3.26. The molecule has 1 aromatic heterocycles. The molecular weight excluding hydrogens is 410 g/mol. The van der Waals surface area contributed by atoms with Crippen molar-refractivity contribution in [1.29, 1.82) is 0 Å². The van der Waals surface area contributed by atoms with E-state index in [0.717, 1.165) is 5.56 Å². The SMILES string of the molecule is O=C(COC(=O)C1CCN(c2ncccn2)CC1)NCCc1ccc(OC(F)F)cc1. The fourth-order valence-corrected chi connectivity index (χ4v) is 3.26. The van der Waals surface area contributed by atoms with Crippen molar-refractivity contribution in [2.75, 3.05) is 31.1 Å². The quantitative estimate of drug-likeness (QED) is 0.605. The van der Waals surface area contributed by atoms with Gasteiger partial charge in [-0.1, -0.05) is 12.1 Å². The molecule has 31 heavy (non-hydrogen) atoms. The lowest BCUT2D eigenvalue weighted by Gasteiger charge is -2.30. The third-order valence-electron chi connectivity index (χ3n) is 4.89. The molecule has 0 bridgehead atoms. The van der Waals surface area contributed by atoms with Gasteiger partial charge in [0.15, 0.2) is 6.61 Å². The maximum atomic E-state index is 12.2. The molecule has 2 heterocycles. The maximum absolute atomic E-state index is 12.2. The molecule has 0 aliphatic carbocycles. The molecule has 1 aliphatic heterocycles.